The van der Waals surface area contributed by atoms with E-state index in [4.69, 9.17) is 4.74 Å². The van der Waals surface area contributed by atoms with E-state index in [-0.39, 0.29) is 5.69 Å². The molecule has 1 aliphatic heterocycles. The minimum absolute atomic E-state index is 0.310. The molecule has 0 radical (unpaired) electrons. The van der Waals surface area contributed by atoms with E-state index in [1.807, 2.05) is 0 Å². The largest absolute Gasteiger partial charge is 0.466 e. The van der Waals surface area contributed by atoms with E-state index in [0.29, 0.717) is 11.4 Å². The van der Waals surface area contributed by atoms with Crippen LogP contribution in [0.2, 0.25) is 0 Å². The Hall–Kier alpha value is -2.96. The van der Waals surface area contributed by atoms with Crippen LogP contribution in [-0.4, -0.2) is 17.4 Å². The van der Waals surface area contributed by atoms with Crippen LogP contribution in [0.5, 0.6) is 5.75 Å². The first kappa shape index (κ1) is 15.0. The van der Waals surface area contributed by atoms with Gasteiger partial charge in [0.1, 0.15) is 17.4 Å². The average molecular weight is 318 g/mol. The third-order valence-corrected chi connectivity index (χ3v) is 3.49. The Morgan fingerprint density at radius 1 is 1.22 bits per heavy atom. The predicted molar refractivity (Wildman–Crippen MR) is 79.1 cm³/mol. The van der Waals surface area contributed by atoms with Gasteiger partial charge in [0.05, 0.1) is 11.4 Å². The molecule has 0 aromatic heterocycles. The lowest BCUT2D eigenvalue weighted by atomic mass is 10.0. The second-order valence-corrected chi connectivity index (χ2v) is 5.16. The number of anilines is 2. The maximum atomic E-state index is 13.6. The number of benzene rings is 2. The van der Waals surface area contributed by atoms with Crippen LogP contribution in [0.1, 0.15) is 6.92 Å². The van der Waals surface area contributed by atoms with Crippen molar-refractivity contribution in [1.29, 1.82) is 0 Å². The first-order chi connectivity index (χ1) is 10.9. The van der Waals surface area contributed by atoms with Crippen molar-refractivity contribution in [3.63, 3.8) is 0 Å². The summed E-state index contributed by atoms with van der Waals surface area (Å²) >= 11 is 0. The number of carbonyl (C=O) groups excluding carboxylic acids is 2. The first-order valence-electron chi connectivity index (χ1n) is 6.76. The van der Waals surface area contributed by atoms with Gasteiger partial charge in [-0.25, -0.2) is 8.78 Å². The van der Waals surface area contributed by atoms with E-state index in [1.165, 1.54) is 6.92 Å². The Morgan fingerprint density at radius 2 is 1.96 bits per heavy atom. The Labute approximate surface area is 130 Å². The summed E-state index contributed by atoms with van der Waals surface area (Å²) in [6, 6.07) is 9.22. The summed E-state index contributed by atoms with van der Waals surface area (Å²) in [7, 11) is 0. The van der Waals surface area contributed by atoms with Crippen molar-refractivity contribution < 1.29 is 23.1 Å². The highest BCUT2D eigenvalue weighted by Crippen LogP contribution is 2.34. The van der Waals surface area contributed by atoms with Gasteiger partial charge in [-0.3, -0.25) is 9.59 Å². The Morgan fingerprint density at radius 3 is 2.74 bits per heavy atom. The molecule has 2 aromatic rings. The van der Waals surface area contributed by atoms with Crippen molar-refractivity contribution in [1.82, 2.24) is 0 Å². The highest BCUT2D eigenvalue weighted by atomic mass is 19.1. The number of nitrogens with one attached hydrogen (secondary N) is 2. The number of halogens is 2. The quantitative estimate of drug-likeness (QED) is 0.837. The standard InChI is InChI=1S/C16H12F2N2O3/c1-16(14(21)19-11-4-2-3-5-13(11)23-16)15(22)20-12-8-9(17)6-7-10(12)18/h2-8H,1H3,(H,19,21)(H,20,22)/t16-/m1/s1. The van der Waals surface area contributed by atoms with E-state index in [1.54, 1.807) is 24.3 Å². The molecular formula is C16H12F2N2O3. The van der Waals surface area contributed by atoms with E-state index in [9.17, 15) is 18.4 Å². The molecule has 0 spiro atoms. The molecule has 2 N–H and O–H groups in total. The number of amides is 2. The number of hydrogen-bond acceptors (Lipinski definition) is 3. The van der Waals surface area contributed by atoms with Crippen LogP contribution >= 0.6 is 0 Å². The zero-order valence-corrected chi connectivity index (χ0v) is 12.0. The maximum absolute atomic E-state index is 13.6. The number of rotatable bonds is 2. The molecule has 0 saturated heterocycles. The fraction of sp³-hybridized carbons (Fsp3) is 0.125. The molecule has 3 rings (SSSR count). The molecular weight excluding hydrogens is 306 g/mol. The maximum Gasteiger partial charge on any atom is 0.278 e. The van der Waals surface area contributed by atoms with Crippen LogP contribution in [-0.2, 0) is 9.59 Å². The first-order valence-corrected chi connectivity index (χ1v) is 6.76. The number of ether oxygens (including phenoxy) is 1. The van der Waals surface area contributed by atoms with Crippen molar-refractivity contribution in [2.24, 2.45) is 0 Å². The van der Waals surface area contributed by atoms with Gasteiger partial charge in [0.15, 0.2) is 0 Å². The van der Waals surface area contributed by atoms with Crippen molar-refractivity contribution in [2.45, 2.75) is 12.5 Å². The number of carbonyl (C=O) groups is 2. The number of hydrogen-bond donors (Lipinski definition) is 2. The van der Waals surface area contributed by atoms with Crippen LogP contribution in [0.4, 0.5) is 20.2 Å². The second kappa shape index (κ2) is 5.35. The summed E-state index contributed by atoms with van der Waals surface area (Å²) in [6.07, 6.45) is 0. The van der Waals surface area contributed by atoms with Crippen molar-refractivity contribution in [2.75, 3.05) is 10.6 Å². The molecule has 1 atom stereocenters. The molecule has 0 bridgehead atoms. The predicted octanol–water partition coefficient (Wildman–Crippen LogP) is 2.69. The summed E-state index contributed by atoms with van der Waals surface area (Å²) in [5.41, 5.74) is -1.85. The van der Waals surface area contributed by atoms with Gasteiger partial charge in [-0.1, -0.05) is 12.1 Å². The van der Waals surface area contributed by atoms with Crippen LogP contribution in [0.3, 0.4) is 0 Å². The molecule has 118 valence electrons. The number of para-hydroxylation sites is 2. The Balaban J connectivity index is 1.89. The van der Waals surface area contributed by atoms with Gasteiger partial charge in [-0.15, -0.1) is 0 Å². The lowest BCUT2D eigenvalue weighted by Crippen LogP contribution is -2.56. The molecule has 23 heavy (non-hydrogen) atoms. The molecule has 0 fully saturated rings. The lowest BCUT2D eigenvalue weighted by Gasteiger charge is -2.33. The summed E-state index contributed by atoms with van der Waals surface area (Å²) in [6.45, 7) is 1.25. The van der Waals surface area contributed by atoms with Crippen molar-refractivity contribution >= 4 is 23.2 Å². The van der Waals surface area contributed by atoms with Crippen LogP contribution in [0.25, 0.3) is 0 Å². The highest BCUT2D eigenvalue weighted by molar-refractivity contribution is 6.19. The van der Waals surface area contributed by atoms with Crippen molar-refractivity contribution in [3.8, 4) is 5.75 Å². The molecule has 0 aliphatic carbocycles. The topological polar surface area (TPSA) is 67.4 Å². The summed E-state index contributed by atoms with van der Waals surface area (Å²) in [5.74, 6) is -2.84. The summed E-state index contributed by atoms with van der Waals surface area (Å²) in [4.78, 5) is 24.6. The average Bonchev–Trinajstić information content (AvgIpc) is 2.52. The zero-order valence-electron chi connectivity index (χ0n) is 12.0. The second-order valence-electron chi connectivity index (χ2n) is 5.16. The monoisotopic (exact) mass is 318 g/mol. The van der Waals surface area contributed by atoms with Gasteiger partial charge in [0, 0.05) is 6.07 Å². The van der Waals surface area contributed by atoms with Gasteiger partial charge in [-0.2, -0.15) is 0 Å². The Kier molecular flexibility index (Phi) is 3.48. The van der Waals surface area contributed by atoms with Gasteiger partial charge >= 0.3 is 0 Å². The van der Waals surface area contributed by atoms with Gasteiger partial charge in [0.2, 0.25) is 0 Å². The lowest BCUT2D eigenvalue weighted by molar-refractivity contribution is -0.143. The highest BCUT2D eigenvalue weighted by Gasteiger charge is 2.47. The van der Waals surface area contributed by atoms with Gasteiger partial charge in [0.25, 0.3) is 17.4 Å². The normalized spacial score (nSPS) is 19.3. The Bertz CT molecular complexity index is 810. The molecule has 5 nitrogen and oxygen atoms in total. The van der Waals surface area contributed by atoms with E-state index in [0.717, 1.165) is 18.2 Å². The minimum Gasteiger partial charge on any atom is -0.466 e. The summed E-state index contributed by atoms with van der Waals surface area (Å²) < 4.78 is 32.3. The van der Waals surface area contributed by atoms with E-state index >= 15 is 0 Å². The third-order valence-electron chi connectivity index (χ3n) is 3.49. The molecule has 7 heteroatoms. The van der Waals surface area contributed by atoms with Crippen LogP contribution in [0, 0.1) is 11.6 Å². The fourth-order valence-electron chi connectivity index (χ4n) is 2.15. The zero-order chi connectivity index (χ0) is 16.6. The molecule has 1 aliphatic rings. The third kappa shape index (κ3) is 2.61. The smallest absolute Gasteiger partial charge is 0.278 e. The molecule has 2 amide bonds. The SMILES string of the molecule is C[C@@]1(C(=O)Nc2cc(F)ccc2F)Oc2ccccc2NC1=O. The van der Waals surface area contributed by atoms with Gasteiger partial charge < -0.3 is 15.4 Å². The van der Waals surface area contributed by atoms with E-state index in [2.05, 4.69) is 10.6 Å². The van der Waals surface area contributed by atoms with Crippen LogP contribution < -0.4 is 15.4 Å². The van der Waals surface area contributed by atoms with Crippen LogP contribution in [0.15, 0.2) is 42.5 Å². The van der Waals surface area contributed by atoms with Gasteiger partial charge in [-0.05, 0) is 31.2 Å². The van der Waals surface area contributed by atoms with Crippen molar-refractivity contribution in [3.05, 3.63) is 54.1 Å². The molecule has 0 saturated carbocycles. The molecule has 0 unspecified atom stereocenters. The molecule has 1 heterocycles. The fourth-order valence-corrected chi connectivity index (χ4v) is 2.15. The minimum atomic E-state index is -1.91. The number of fused-ring (bicyclic) bond motifs is 1. The summed E-state index contributed by atoms with van der Waals surface area (Å²) in [5, 5.41) is 4.73. The molecule has 2 aromatic carbocycles. The van der Waals surface area contributed by atoms with E-state index < -0.39 is 29.0 Å².